The van der Waals surface area contributed by atoms with E-state index in [0.717, 1.165) is 16.0 Å². The lowest BCUT2D eigenvalue weighted by atomic mass is 9.92. The van der Waals surface area contributed by atoms with Crippen LogP contribution in [0, 0.1) is 0 Å². The van der Waals surface area contributed by atoms with Gasteiger partial charge in [0.1, 0.15) is 17.8 Å². The molecule has 1 spiro atoms. The predicted molar refractivity (Wildman–Crippen MR) is 106 cm³/mol. The summed E-state index contributed by atoms with van der Waals surface area (Å²) < 4.78 is 5.15. The summed E-state index contributed by atoms with van der Waals surface area (Å²) in [5.74, 6) is -1.10. The molecule has 1 aliphatic heterocycles. The Balaban J connectivity index is 1.41. The number of carbonyl (C=O) groups is 4. The zero-order chi connectivity index (χ0) is 21.3. The highest BCUT2D eigenvalue weighted by atomic mass is 16.5. The summed E-state index contributed by atoms with van der Waals surface area (Å²) >= 11 is 0. The van der Waals surface area contributed by atoms with Crippen LogP contribution in [0.2, 0.25) is 0 Å². The topological polar surface area (TPSA) is 131 Å². The van der Waals surface area contributed by atoms with Crippen LogP contribution in [0.15, 0.2) is 48.5 Å². The number of carbonyl (C=O) groups excluding carboxylic acids is 4. The lowest BCUT2D eigenvalue weighted by Gasteiger charge is -2.22. The first-order valence-electron chi connectivity index (χ1n) is 9.42. The number of benzene rings is 2. The maximum Gasteiger partial charge on any atom is 0.325 e. The standard InChI is InChI=1S/C21H20N4O5/c22-17(26)12-30-15-7-5-14(6-8-15)23-18(27)11-25-19(28)21(24-20(25)29)10-9-13-3-1-2-4-16(13)21/h1-8H,9-12H2,(H2,22,26)(H,23,27)(H,24,29). The van der Waals surface area contributed by atoms with E-state index in [9.17, 15) is 19.2 Å². The molecule has 2 aliphatic rings. The van der Waals surface area contributed by atoms with Gasteiger partial charge >= 0.3 is 6.03 Å². The number of aryl methyl sites for hydroxylation is 1. The van der Waals surface area contributed by atoms with Crippen LogP contribution < -0.4 is 21.1 Å². The normalized spacial score (nSPS) is 19.5. The smallest absolute Gasteiger partial charge is 0.325 e. The third-order valence-corrected chi connectivity index (χ3v) is 5.24. The van der Waals surface area contributed by atoms with Crippen molar-refractivity contribution in [3.05, 3.63) is 59.7 Å². The number of nitrogens with two attached hydrogens (primary N) is 1. The number of hydrogen-bond donors (Lipinski definition) is 3. The van der Waals surface area contributed by atoms with Crippen LogP contribution in [0.1, 0.15) is 17.5 Å². The number of amides is 5. The van der Waals surface area contributed by atoms with Gasteiger partial charge in [-0.25, -0.2) is 4.79 Å². The fraction of sp³-hybridized carbons (Fsp3) is 0.238. The molecule has 1 atom stereocenters. The summed E-state index contributed by atoms with van der Waals surface area (Å²) in [6, 6.07) is 13.2. The molecular weight excluding hydrogens is 388 g/mol. The lowest BCUT2D eigenvalue weighted by Crippen LogP contribution is -2.42. The van der Waals surface area contributed by atoms with Crippen molar-refractivity contribution in [1.82, 2.24) is 10.2 Å². The Bertz CT molecular complexity index is 1040. The van der Waals surface area contributed by atoms with Crippen LogP contribution >= 0.6 is 0 Å². The van der Waals surface area contributed by atoms with Gasteiger partial charge in [0.2, 0.25) is 5.91 Å². The monoisotopic (exact) mass is 408 g/mol. The van der Waals surface area contributed by atoms with E-state index in [1.165, 1.54) is 0 Å². The van der Waals surface area contributed by atoms with E-state index in [1.54, 1.807) is 24.3 Å². The molecule has 1 unspecified atom stereocenters. The van der Waals surface area contributed by atoms with E-state index in [-0.39, 0.29) is 6.61 Å². The Hall–Kier alpha value is -3.88. The van der Waals surface area contributed by atoms with Gasteiger partial charge in [0.25, 0.3) is 11.8 Å². The second kappa shape index (κ2) is 7.51. The van der Waals surface area contributed by atoms with Gasteiger partial charge in [-0.2, -0.15) is 0 Å². The average Bonchev–Trinajstić information content (AvgIpc) is 3.21. The summed E-state index contributed by atoms with van der Waals surface area (Å²) in [5, 5.41) is 5.43. The molecule has 9 heteroatoms. The van der Waals surface area contributed by atoms with E-state index in [4.69, 9.17) is 10.5 Å². The Labute approximate surface area is 172 Å². The molecule has 1 fully saturated rings. The molecule has 1 heterocycles. The Kier molecular flexibility index (Phi) is 4.86. The Morgan fingerprint density at radius 3 is 2.60 bits per heavy atom. The van der Waals surface area contributed by atoms with Crippen molar-refractivity contribution in [2.75, 3.05) is 18.5 Å². The van der Waals surface area contributed by atoms with Crippen LogP contribution in [-0.4, -0.2) is 41.8 Å². The fourth-order valence-electron chi connectivity index (χ4n) is 3.87. The summed E-state index contributed by atoms with van der Waals surface area (Å²) in [7, 11) is 0. The molecule has 2 aromatic rings. The van der Waals surface area contributed by atoms with Gasteiger partial charge in [0.05, 0.1) is 0 Å². The summed E-state index contributed by atoms with van der Waals surface area (Å²) in [6.07, 6.45) is 1.16. The first-order chi connectivity index (χ1) is 14.4. The minimum Gasteiger partial charge on any atom is -0.484 e. The second-order valence-electron chi connectivity index (χ2n) is 7.21. The number of urea groups is 1. The quantitative estimate of drug-likeness (QED) is 0.611. The lowest BCUT2D eigenvalue weighted by molar-refractivity contribution is -0.134. The Morgan fingerprint density at radius 2 is 1.87 bits per heavy atom. The number of rotatable bonds is 6. The van der Waals surface area contributed by atoms with Crippen molar-refractivity contribution < 1.29 is 23.9 Å². The number of primary amides is 1. The van der Waals surface area contributed by atoms with Crippen molar-refractivity contribution in [2.45, 2.75) is 18.4 Å². The van der Waals surface area contributed by atoms with Gasteiger partial charge in [-0.1, -0.05) is 24.3 Å². The largest absolute Gasteiger partial charge is 0.484 e. The van der Waals surface area contributed by atoms with Crippen LogP contribution in [-0.2, 0) is 26.3 Å². The van der Waals surface area contributed by atoms with E-state index in [1.807, 2.05) is 24.3 Å². The zero-order valence-electron chi connectivity index (χ0n) is 16.0. The van der Waals surface area contributed by atoms with Crippen molar-refractivity contribution in [1.29, 1.82) is 0 Å². The molecule has 1 aliphatic carbocycles. The molecule has 4 rings (SSSR count). The predicted octanol–water partition coefficient (Wildman–Crippen LogP) is 0.883. The minimum atomic E-state index is -1.09. The number of nitrogens with zero attached hydrogens (tertiary/aromatic N) is 1. The fourth-order valence-corrected chi connectivity index (χ4v) is 3.87. The van der Waals surface area contributed by atoms with Crippen LogP contribution in [0.25, 0.3) is 0 Å². The summed E-state index contributed by atoms with van der Waals surface area (Å²) in [4.78, 5) is 49.7. The number of imide groups is 1. The van der Waals surface area contributed by atoms with E-state index in [2.05, 4.69) is 10.6 Å². The van der Waals surface area contributed by atoms with Crippen LogP contribution in [0.3, 0.4) is 0 Å². The van der Waals surface area contributed by atoms with Gasteiger partial charge in [-0.05, 0) is 48.2 Å². The molecule has 30 heavy (non-hydrogen) atoms. The first-order valence-corrected chi connectivity index (χ1v) is 9.42. The number of fused-ring (bicyclic) bond motifs is 2. The molecule has 0 aromatic heterocycles. The third-order valence-electron chi connectivity index (χ3n) is 5.24. The second-order valence-corrected chi connectivity index (χ2v) is 7.21. The SMILES string of the molecule is NC(=O)COc1ccc(NC(=O)CN2C(=O)NC3(CCc4ccccc43)C2=O)cc1. The zero-order valence-corrected chi connectivity index (χ0v) is 16.0. The molecule has 0 radical (unpaired) electrons. The van der Waals surface area contributed by atoms with E-state index >= 15 is 0 Å². The van der Waals surface area contributed by atoms with Crippen LogP contribution in [0.4, 0.5) is 10.5 Å². The summed E-state index contributed by atoms with van der Waals surface area (Å²) in [5.41, 5.74) is 6.20. The van der Waals surface area contributed by atoms with Gasteiger partial charge in [-0.15, -0.1) is 0 Å². The number of hydrogen-bond acceptors (Lipinski definition) is 5. The van der Waals surface area contributed by atoms with Gasteiger partial charge in [-0.3, -0.25) is 19.3 Å². The van der Waals surface area contributed by atoms with Crippen molar-refractivity contribution >= 4 is 29.4 Å². The molecule has 1 saturated heterocycles. The maximum atomic E-state index is 13.1. The average molecular weight is 408 g/mol. The first kappa shape index (κ1) is 19.4. The highest BCUT2D eigenvalue weighted by Crippen LogP contribution is 2.41. The molecule has 0 saturated carbocycles. The number of nitrogens with one attached hydrogen (secondary N) is 2. The van der Waals surface area contributed by atoms with Crippen molar-refractivity contribution in [2.24, 2.45) is 5.73 Å². The third kappa shape index (κ3) is 3.45. The van der Waals surface area contributed by atoms with Gasteiger partial charge in [0.15, 0.2) is 6.61 Å². The Morgan fingerprint density at radius 1 is 1.13 bits per heavy atom. The minimum absolute atomic E-state index is 0.247. The van der Waals surface area contributed by atoms with Crippen LogP contribution in [0.5, 0.6) is 5.75 Å². The molecular formula is C21H20N4O5. The summed E-state index contributed by atoms with van der Waals surface area (Å²) in [6.45, 7) is -0.642. The molecule has 9 nitrogen and oxygen atoms in total. The molecule has 2 aromatic carbocycles. The van der Waals surface area contributed by atoms with Crippen molar-refractivity contribution in [3.63, 3.8) is 0 Å². The maximum absolute atomic E-state index is 13.1. The molecule has 4 N–H and O–H groups in total. The number of anilines is 1. The van der Waals surface area contributed by atoms with Crippen molar-refractivity contribution in [3.8, 4) is 5.75 Å². The van der Waals surface area contributed by atoms with Gasteiger partial charge in [0, 0.05) is 5.69 Å². The van der Waals surface area contributed by atoms with E-state index in [0.29, 0.717) is 24.3 Å². The molecule has 5 amide bonds. The highest BCUT2D eigenvalue weighted by molar-refractivity contribution is 6.10. The molecule has 154 valence electrons. The molecule has 0 bridgehead atoms. The number of ether oxygens (including phenoxy) is 1. The van der Waals surface area contributed by atoms with E-state index < -0.39 is 35.8 Å². The highest BCUT2D eigenvalue weighted by Gasteiger charge is 2.55. The van der Waals surface area contributed by atoms with Gasteiger partial charge < -0.3 is 21.1 Å².